The summed E-state index contributed by atoms with van der Waals surface area (Å²) >= 11 is 0. The van der Waals surface area contributed by atoms with E-state index in [1.165, 1.54) is 0 Å². The average molecular weight is 261 g/mol. The molecule has 1 aromatic carbocycles. The van der Waals surface area contributed by atoms with E-state index in [-0.39, 0.29) is 5.69 Å². The van der Waals surface area contributed by atoms with Crippen LogP contribution in [0, 0.1) is 0 Å². The summed E-state index contributed by atoms with van der Waals surface area (Å²) in [6.07, 6.45) is 0. The smallest absolute Gasteiger partial charge is 0.478 e. The Morgan fingerprint density at radius 1 is 1.47 bits per heavy atom. The summed E-state index contributed by atoms with van der Waals surface area (Å²) in [7, 11) is -5.28. The van der Waals surface area contributed by atoms with E-state index in [4.69, 9.17) is 10.6 Å². The molecule has 10 heteroatoms. The standard InChI is InChI=1S/C7H4FN3O5S/c8-17(14,15)16-6-2-4(7(12)13)1-5(3-6)10-11-9/h1-3H,(H,12,13). The van der Waals surface area contributed by atoms with E-state index in [0.717, 1.165) is 18.2 Å². The number of carboxylic acids is 1. The molecule has 0 aliphatic carbocycles. The molecule has 17 heavy (non-hydrogen) atoms. The van der Waals surface area contributed by atoms with Crippen molar-refractivity contribution >= 4 is 22.2 Å². The number of carbonyl (C=O) groups is 1. The molecule has 0 saturated heterocycles. The fraction of sp³-hybridized carbons (Fsp3) is 0. The summed E-state index contributed by atoms with van der Waals surface area (Å²) < 4.78 is 36.5. The molecule has 0 aliphatic heterocycles. The first-order chi connectivity index (χ1) is 7.81. The van der Waals surface area contributed by atoms with Crippen LogP contribution in [0.3, 0.4) is 0 Å². The highest BCUT2D eigenvalue weighted by Gasteiger charge is 2.13. The van der Waals surface area contributed by atoms with Gasteiger partial charge in [0.15, 0.2) is 0 Å². The van der Waals surface area contributed by atoms with Crippen LogP contribution in [0.1, 0.15) is 10.4 Å². The van der Waals surface area contributed by atoms with E-state index in [1.54, 1.807) is 0 Å². The highest BCUT2D eigenvalue weighted by Crippen LogP contribution is 2.25. The Labute approximate surface area is 94.3 Å². The van der Waals surface area contributed by atoms with Gasteiger partial charge in [-0.1, -0.05) is 9.00 Å². The van der Waals surface area contributed by atoms with Crippen molar-refractivity contribution in [1.29, 1.82) is 0 Å². The van der Waals surface area contributed by atoms with Gasteiger partial charge in [0.05, 0.1) is 5.56 Å². The van der Waals surface area contributed by atoms with E-state index >= 15 is 0 Å². The van der Waals surface area contributed by atoms with Crippen molar-refractivity contribution in [3.05, 3.63) is 34.2 Å². The van der Waals surface area contributed by atoms with Crippen LogP contribution >= 0.6 is 0 Å². The van der Waals surface area contributed by atoms with Gasteiger partial charge in [-0.05, 0) is 23.7 Å². The summed E-state index contributed by atoms with van der Waals surface area (Å²) in [6, 6.07) is 2.62. The Kier molecular flexibility index (Phi) is 3.51. The van der Waals surface area contributed by atoms with Gasteiger partial charge < -0.3 is 9.29 Å². The first-order valence-corrected chi connectivity index (χ1v) is 5.20. The van der Waals surface area contributed by atoms with Crippen molar-refractivity contribution in [2.75, 3.05) is 0 Å². The van der Waals surface area contributed by atoms with Crippen LogP contribution in [0.25, 0.3) is 10.4 Å². The lowest BCUT2D eigenvalue weighted by atomic mass is 10.2. The molecule has 0 amide bonds. The zero-order chi connectivity index (χ0) is 13.1. The molecule has 90 valence electrons. The van der Waals surface area contributed by atoms with Crippen LogP contribution in [0.5, 0.6) is 5.75 Å². The maximum absolute atomic E-state index is 12.2. The topological polar surface area (TPSA) is 129 Å². The number of carboxylic acid groups (broad SMARTS) is 1. The van der Waals surface area contributed by atoms with Crippen LogP contribution in [0.15, 0.2) is 23.3 Å². The number of halogens is 1. The molecule has 0 heterocycles. The first-order valence-electron chi connectivity index (χ1n) is 3.89. The van der Waals surface area contributed by atoms with Gasteiger partial charge in [0.1, 0.15) is 5.75 Å². The third-order valence-electron chi connectivity index (χ3n) is 1.49. The van der Waals surface area contributed by atoms with Gasteiger partial charge in [-0.15, -0.1) is 0 Å². The molecule has 0 aliphatic rings. The normalized spacial score (nSPS) is 10.4. The van der Waals surface area contributed by atoms with Crippen LogP contribution in [-0.2, 0) is 10.5 Å². The van der Waals surface area contributed by atoms with Crippen molar-refractivity contribution in [2.24, 2.45) is 5.11 Å². The third kappa shape index (κ3) is 3.97. The molecule has 0 unspecified atom stereocenters. The van der Waals surface area contributed by atoms with Gasteiger partial charge >= 0.3 is 16.5 Å². The van der Waals surface area contributed by atoms with Crippen molar-refractivity contribution in [1.82, 2.24) is 0 Å². The minimum atomic E-state index is -5.28. The number of aromatic carboxylic acids is 1. The highest BCUT2D eigenvalue weighted by atomic mass is 32.3. The van der Waals surface area contributed by atoms with E-state index in [1.807, 2.05) is 0 Å². The molecule has 0 atom stereocenters. The molecule has 0 aromatic heterocycles. The maximum Gasteiger partial charge on any atom is 0.488 e. The van der Waals surface area contributed by atoms with Gasteiger partial charge in [0, 0.05) is 10.6 Å². The Bertz CT molecular complexity index is 588. The van der Waals surface area contributed by atoms with Crippen molar-refractivity contribution in [2.45, 2.75) is 0 Å². The highest BCUT2D eigenvalue weighted by molar-refractivity contribution is 7.81. The fourth-order valence-corrected chi connectivity index (χ4v) is 1.31. The van der Waals surface area contributed by atoms with Crippen LogP contribution in [0.4, 0.5) is 9.57 Å². The molecule has 1 aromatic rings. The molecular weight excluding hydrogens is 257 g/mol. The Balaban J connectivity index is 3.30. The minimum absolute atomic E-state index is 0.217. The zero-order valence-electron chi connectivity index (χ0n) is 7.94. The van der Waals surface area contributed by atoms with Gasteiger partial charge in [0.2, 0.25) is 0 Å². The average Bonchev–Trinajstić information content (AvgIpc) is 2.14. The van der Waals surface area contributed by atoms with Gasteiger partial charge in [0.25, 0.3) is 0 Å². The zero-order valence-corrected chi connectivity index (χ0v) is 8.76. The monoisotopic (exact) mass is 261 g/mol. The Hall–Kier alpha value is -2.32. The largest absolute Gasteiger partial charge is 0.488 e. The molecular formula is C7H4FN3O5S. The first kappa shape index (κ1) is 12.7. The molecule has 0 fully saturated rings. The number of nitrogens with zero attached hydrogens (tertiary/aromatic N) is 3. The third-order valence-corrected chi connectivity index (χ3v) is 1.89. The number of hydrogen-bond acceptors (Lipinski definition) is 5. The summed E-state index contributed by atoms with van der Waals surface area (Å²) in [5, 5.41) is 11.7. The van der Waals surface area contributed by atoms with E-state index < -0.39 is 27.8 Å². The van der Waals surface area contributed by atoms with Crippen molar-refractivity contribution in [3.8, 4) is 5.75 Å². The Morgan fingerprint density at radius 3 is 2.59 bits per heavy atom. The molecule has 0 bridgehead atoms. The van der Waals surface area contributed by atoms with Gasteiger partial charge in [-0.3, -0.25) is 0 Å². The van der Waals surface area contributed by atoms with E-state index in [0.29, 0.717) is 0 Å². The van der Waals surface area contributed by atoms with Crippen LogP contribution < -0.4 is 4.18 Å². The van der Waals surface area contributed by atoms with Gasteiger partial charge in [-0.2, -0.15) is 8.42 Å². The quantitative estimate of drug-likeness (QED) is 0.383. The van der Waals surface area contributed by atoms with E-state index in [2.05, 4.69) is 14.2 Å². The molecule has 8 nitrogen and oxygen atoms in total. The number of rotatable bonds is 4. The number of hydrogen-bond donors (Lipinski definition) is 1. The van der Waals surface area contributed by atoms with Crippen molar-refractivity contribution in [3.63, 3.8) is 0 Å². The van der Waals surface area contributed by atoms with Crippen LogP contribution in [0.2, 0.25) is 0 Å². The summed E-state index contributed by atoms with van der Waals surface area (Å²) in [5.41, 5.74) is 7.53. The lowest BCUT2D eigenvalue weighted by Gasteiger charge is -2.03. The lowest BCUT2D eigenvalue weighted by Crippen LogP contribution is -2.03. The second-order valence-electron chi connectivity index (χ2n) is 2.69. The van der Waals surface area contributed by atoms with E-state index in [9.17, 15) is 17.1 Å². The predicted molar refractivity (Wildman–Crippen MR) is 52.9 cm³/mol. The Morgan fingerprint density at radius 2 is 2.12 bits per heavy atom. The van der Waals surface area contributed by atoms with Crippen LogP contribution in [-0.4, -0.2) is 19.5 Å². The van der Waals surface area contributed by atoms with Crippen molar-refractivity contribution < 1.29 is 26.4 Å². The molecule has 0 saturated carbocycles. The summed E-state index contributed by atoms with van der Waals surface area (Å²) in [5.74, 6) is -2.02. The fourth-order valence-electron chi connectivity index (χ4n) is 0.979. The SMILES string of the molecule is [N-]=[N+]=Nc1cc(OS(=O)(=O)F)cc(C(=O)O)c1. The number of azide groups is 1. The van der Waals surface area contributed by atoms with Gasteiger partial charge in [-0.25, -0.2) is 4.79 Å². The molecule has 1 N–H and O–H groups in total. The molecule has 1 rings (SSSR count). The number of benzene rings is 1. The second-order valence-corrected chi connectivity index (χ2v) is 3.64. The molecule has 0 radical (unpaired) electrons. The molecule has 0 spiro atoms. The summed E-state index contributed by atoms with van der Waals surface area (Å²) in [4.78, 5) is 13.0. The second kappa shape index (κ2) is 4.68. The summed E-state index contributed by atoms with van der Waals surface area (Å²) in [6.45, 7) is 0. The minimum Gasteiger partial charge on any atom is -0.478 e. The lowest BCUT2D eigenvalue weighted by molar-refractivity contribution is 0.0696. The predicted octanol–water partition coefficient (Wildman–Crippen LogP) is 1.92. The maximum atomic E-state index is 12.2.